The first-order chi connectivity index (χ1) is 4.71. The van der Waals surface area contributed by atoms with Gasteiger partial charge in [-0.1, -0.05) is 41.5 Å². The molecule has 0 aromatic carbocycles. The molecule has 0 N–H and O–H groups in total. The summed E-state index contributed by atoms with van der Waals surface area (Å²) in [5, 5.41) is 0. The average Bonchev–Trinajstić information content (AvgIpc) is 2.31. The van der Waals surface area contributed by atoms with Gasteiger partial charge in [0.05, 0.1) is 6.61 Å². The van der Waals surface area contributed by atoms with Gasteiger partial charge in [-0.05, 0) is 10.8 Å². The molecule has 11 heavy (non-hydrogen) atoms. The quantitative estimate of drug-likeness (QED) is 0.491. The van der Waals surface area contributed by atoms with Gasteiger partial charge in [-0.2, -0.15) is 0 Å². The molecule has 1 heteroatoms. The Bertz CT molecular complexity index is 137. The van der Waals surface area contributed by atoms with Crippen LogP contribution >= 0.6 is 0 Å². The van der Waals surface area contributed by atoms with Crippen LogP contribution in [-0.2, 0) is 4.74 Å². The average molecular weight is 156 g/mol. The molecule has 0 unspecified atom stereocenters. The van der Waals surface area contributed by atoms with Crippen LogP contribution in [0.3, 0.4) is 0 Å². The Morgan fingerprint density at radius 3 is 1.18 bits per heavy atom. The van der Waals surface area contributed by atoms with Crippen molar-refractivity contribution < 1.29 is 4.74 Å². The lowest BCUT2D eigenvalue weighted by atomic mass is 9.66. The van der Waals surface area contributed by atoms with Gasteiger partial charge < -0.3 is 4.74 Å². The monoisotopic (exact) mass is 156 g/mol. The van der Waals surface area contributed by atoms with E-state index in [0.29, 0.717) is 0 Å². The van der Waals surface area contributed by atoms with E-state index in [1.165, 1.54) is 0 Å². The van der Waals surface area contributed by atoms with Crippen molar-refractivity contribution in [3.05, 3.63) is 0 Å². The SMILES string of the molecule is CC(C)(C)C1(C(C)(C)C)CO1. The van der Waals surface area contributed by atoms with Crippen molar-refractivity contribution in [2.24, 2.45) is 10.8 Å². The molecule has 0 radical (unpaired) electrons. The van der Waals surface area contributed by atoms with Crippen LogP contribution in [0.15, 0.2) is 0 Å². The molecule has 1 saturated heterocycles. The minimum absolute atomic E-state index is 0.125. The number of ether oxygens (including phenoxy) is 1. The summed E-state index contributed by atoms with van der Waals surface area (Å²) in [6.07, 6.45) is 0. The van der Waals surface area contributed by atoms with Gasteiger partial charge >= 0.3 is 0 Å². The van der Waals surface area contributed by atoms with Gasteiger partial charge in [-0.15, -0.1) is 0 Å². The minimum Gasteiger partial charge on any atom is -0.368 e. The zero-order valence-electron chi connectivity index (χ0n) is 8.62. The van der Waals surface area contributed by atoms with Gasteiger partial charge in [-0.3, -0.25) is 0 Å². The first-order valence-corrected chi connectivity index (χ1v) is 4.35. The molecule has 0 saturated carbocycles. The van der Waals surface area contributed by atoms with E-state index in [1.807, 2.05) is 0 Å². The summed E-state index contributed by atoms with van der Waals surface area (Å²) in [7, 11) is 0. The molecule has 0 aromatic heterocycles. The predicted octanol–water partition coefficient (Wildman–Crippen LogP) is 2.85. The van der Waals surface area contributed by atoms with Crippen molar-refractivity contribution in [2.45, 2.75) is 47.1 Å². The summed E-state index contributed by atoms with van der Waals surface area (Å²) in [5.41, 5.74) is 0.663. The molecule has 0 aliphatic carbocycles. The Hall–Kier alpha value is -0.0400. The molecule has 66 valence electrons. The fourth-order valence-electron chi connectivity index (χ4n) is 2.06. The lowest BCUT2D eigenvalue weighted by Crippen LogP contribution is -2.42. The molecule has 1 heterocycles. The first kappa shape index (κ1) is 9.05. The fraction of sp³-hybridized carbons (Fsp3) is 1.00. The van der Waals surface area contributed by atoms with E-state index in [1.54, 1.807) is 0 Å². The van der Waals surface area contributed by atoms with Gasteiger partial charge in [0.15, 0.2) is 0 Å². The summed E-state index contributed by atoms with van der Waals surface area (Å²) < 4.78 is 5.62. The van der Waals surface area contributed by atoms with Crippen LogP contribution in [0.1, 0.15) is 41.5 Å². The normalized spacial score (nSPS) is 23.5. The zero-order chi connectivity index (χ0) is 8.91. The number of rotatable bonds is 0. The van der Waals surface area contributed by atoms with Crippen LogP contribution in [-0.4, -0.2) is 12.2 Å². The van der Waals surface area contributed by atoms with Crippen LogP contribution in [0.2, 0.25) is 0 Å². The zero-order valence-corrected chi connectivity index (χ0v) is 8.62. The highest BCUT2D eigenvalue weighted by atomic mass is 16.6. The standard InChI is InChI=1S/C10H20O/c1-8(2,3)10(7-11-10)9(4,5)6/h7H2,1-6H3. The van der Waals surface area contributed by atoms with Crippen molar-refractivity contribution in [1.29, 1.82) is 0 Å². The summed E-state index contributed by atoms with van der Waals surface area (Å²) in [4.78, 5) is 0. The van der Waals surface area contributed by atoms with E-state index in [2.05, 4.69) is 41.5 Å². The van der Waals surface area contributed by atoms with E-state index < -0.39 is 0 Å². The maximum absolute atomic E-state index is 5.62. The highest BCUT2D eigenvalue weighted by Gasteiger charge is 2.61. The highest BCUT2D eigenvalue weighted by Crippen LogP contribution is 2.55. The second-order valence-electron chi connectivity index (χ2n) is 5.62. The maximum Gasteiger partial charge on any atom is 0.101 e. The molecule has 0 amide bonds. The molecule has 0 spiro atoms. The summed E-state index contributed by atoms with van der Waals surface area (Å²) in [6, 6.07) is 0. The van der Waals surface area contributed by atoms with Crippen LogP contribution < -0.4 is 0 Å². The van der Waals surface area contributed by atoms with Crippen LogP contribution in [0.5, 0.6) is 0 Å². The van der Waals surface area contributed by atoms with Gasteiger partial charge in [0, 0.05) is 0 Å². The molecule has 1 nitrogen and oxygen atoms in total. The van der Waals surface area contributed by atoms with Crippen molar-refractivity contribution in [3.8, 4) is 0 Å². The van der Waals surface area contributed by atoms with E-state index in [0.717, 1.165) is 6.61 Å². The van der Waals surface area contributed by atoms with Crippen molar-refractivity contribution in [3.63, 3.8) is 0 Å². The van der Waals surface area contributed by atoms with E-state index in [4.69, 9.17) is 4.74 Å². The van der Waals surface area contributed by atoms with E-state index in [9.17, 15) is 0 Å². The number of hydrogen-bond donors (Lipinski definition) is 0. The highest BCUT2D eigenvalue weighted by molar-refractivity contribution is 5.09. The van der Waals surface area contributed by atoms with E-state index >= 15 is 0 Å². The van der Waals surface area contributed by atoms with Gasteiger partial charge in [-0.25, -0.2) is 0 Å². The van der Waals surface area contributed by atoms with Gasteiger partial charge in [0.1, 0.15) is 5.60 Å². The smallest absolute Gasteiger partial charge is 0.101 e. The molecular formula is C10H20O. The Labute approximate surface area is 70.1 Å². The molecule has 0 atom stereocenters. The molecular weight excluding hydrogens is 136 g/mol. The lowest BCUT2D eigenvalue weighted by molar-refractivity contribution is 0.0488. The third-order valence-electron chi connectivity index (χ3n) is 2.86. The second kappa shape index (κ2) is 2.01. The Balaban J connectivity index is 2.85. The fourth-order valence-corrected chi connectivity index (χ4v) is 2.06. The van der Waals surface area contributed by atoms with Crippen molar-refractivity contribution >= 4 is 0 Å². The first-order valence-electron chi connectivity index (χ1n) is 4.35. The Kier molecular flexibility index (Phi) is 1.65. The Morgan fingerprint density at radius 1 is 0.909 bits per heavy atom. The van der Waals surface area contributed by atoms with Crippen molar-refractivity contribution in [2.75, 3.05) is 6.61 Å². The molecule has 1 rings (SSSR count). The predicted molar refractivity (Wildman–Crippen MR) is 47.6 cm³/mol. The van der Waals surface area contributed by atoms with Crippen LogP contribution in [0, 0.1) is 10.8 Å². The number of hydrogen-bond acceptors (Lipinski definition) is 1. The molecule has 1 aliphatic heterocycles. The molecule has 1 aliphatic rings. The van der Waals surface area contributed by atoms with Gasteiger partial charge in [0.2, 0.25) is 0 Å². The Morgan fingerprint density at radius 2 is 1.18 bits per heavy atom. The largest absolute Gasteiger partial charge is 0.368 e. The molecule has 1 fully saturated rings. The molecule has 0 bridgehead atoms. The molecule has 0 aromatic rings. The number of epoxide rings is 1. The second-order valence-corrected chi connectivity index (χ2v) is 5.62. The maximum atomic E-state index is 5.62. The topological polar surface area (TPSA) is 12.5 Å². The van der Waals surface area contributed by atoms with Crippen LogP contribution in [0.4, 0.5) is 0 Å². The summed E-state index contributed by atoms with van der Waals surface area (Å²) in [5.74, 6) is 0. The van der Waals surface area contributed by atoms with E-state index in [-0.39, 0.29) is 16.4 Å². The van der Waals surface area contributed by atoms with Crippen molar-refractivity contribution in [1.82, 2.24) is 0 Å². The van der Waals surface area contributed by atoms with Crippen LogP contribution in [0.25, 0.3) is 0 Å². The third kappa shape index (κ3) is 1.20. The third-order valence-corrected chi connectivity index (χ3v) is 2.86. The minimum atomic E-state index is 0.125. The van der Waals surface area contributed by atoms with Gasteiger partial charge in [0.25, 0.3) is 0 Å². The summed E-state index contributed by atoms with van der Waals surface area (Å²) in [6.45, 7) is 14.5. The summed E-state index contributed by atoms with van der Waals surface area (Å²) >= 11 is 0. The lowest BCUT2D eigenvalue weighted by Gasteiger charge is -2.38.